The van der Waals surface area contributed by atoms with E-state index in [1.807, 2.05) is 12.1 Å². The van der Waals surface area contributed by atoms with Crippen molar-refractivity contribution in [3.05, 3.63) is 48.5 Å². The molecule has 12 heteroatoms. The second-order valence-corrected chi connectivity index (χ2v) is 7.88. The molecule has 0 saturated heterocycles. The molecule has 2 aromatic carbocycles. The Labute approximate surface area is 220 Å². The van der Waals surface area contributed by atoms with Crippen LogP contribution >= 0.6 is 0 Å². The van der Waals surface area contributed by atoms with Gasteiger partial charge in [-0.25, -0.2) is 0 Å². The fourth-order valence-corrected chi connectivity index (χ4v) is 3.10. The van der Waals surface area contributed by atoms with Gasteiger partial charge in [0.05, 0.1) is 11.4 Å². The van der Waals surface area contributed by atoms with Crippen LogP contribution in [-0.2, 0) is 38.1 Å². The van der Waals surface area contributed by atoms with Crippen LogP contribution in [0, 0.1) is 0 Å². The Hall–Kier alpha value is -4.48. The zero-order valence-corrected chi connectivity index (χ0v) is 21.8. The van der Waals surface area contributed by atoms with Gasteiger partial charge in [0.25, 0.3) is 0 Å². The first kappa shape index (κ1) is 29.7. The Morgan fingerprint density at radius 3 is 1.34 bits per heavy atom. The highest BCUT2D eigenvalue weighted by atomic mass is 16.7. The first-order chi connectivity index (χ1) is 18.2. The molecule has 0 aliphatic heterocycles. The normalized spacial score (nSPS) is 10.1. The lowest BCUT2D eigenvalue weighted by Crippen LogP contribution is -2.28. The molecule has 0 saturated carbocycles. The van der Waals surface area contributed by atoms with E-state index in [1.54, 1.807) is 60.3 Å². The molecule has 12 nitrogen and oxygen atoms in total. The first-order valence-corrected chi connectivity index (χ1v) is 11.6. The molecule has 0 aliphatic rings. The first-order valence-electron chi connectivity index (χ1n) is 11.6. The maximum Gasteiger partial charge on any atom is 0.328 e. The van der Waals surface area contributed by atoms with Crippen molar-refractivity contribution in [1.82, 2.24) is 0 Å². The number of anilines is 2. The van der Waals surface area contributed by atoms with Crippen LogP contribution in [0.5, 0.6) is 11.5 Å². The number of hydrogen-bond acceptors (Lipinski definition) is 12. The number of carbonyl (C=O) groups is 4. The van der Waals surface area contributed by atoms with Crippen LogP contribution in [0.1, 0.15) is 13.8 Å². The smallest absolute Gasteiger partial charge is 0.328 e. The molecule has 38 heavy (non-hydrogen) atoms. The summed E-state index contributed by atoms with van der Waals surface area (Å²) in [5.74, 6) is -1.15. The van der Waals surface area contributed by atoms with Gasteiger partial charge in [0.1, 0.15) is 37.8 Å². The maximum atomic E-state index is 12.0. The standard InChI is InChI=1S/C26H32N2O10/c1-19(29)35-17-37-25(31)15-27(3)21-9-5-7-11-23(21)33-13-14-34-24-12-8-6-10-22(24)28(4)16-26(32)38-18-36-20(2)30/h5-12H,13-18H2,1-4H3. The van der Waals surface area contributed by atoms with E-state index in [9.17, 15) is 19.2 Å². The molecule has 0 spiro atoms. The quantitative estimate of drug-likeness (QED) is 0.189. The Morgan fingerprint density at radius 2 is 0.974 bits per heavy atom. The lowest BCUT2D eigenvalue weighted by atomic mass is 10.2. The summed E-state index contributed by atoms with van der Waals surface area (Å²) in [6, 6.07) is 14.3. The Balaban J connectivity index is 1.88. The average Bonchev–Trinajstić information content (AvgIpc) is 2.86. The fraction of sp³-hybridized carbons (Fsp3) is 0.385. The van der Waals surface area contributed by atoms with Crippen LogP contribution < -0.4 is 19.3 Å². The molecule has 0 radical (unpaired) electrons. The van der Waals surface area contributed by atoms with E-state index in [0.717, 1.165) is 0 Å². The van der Waals surface area contributed by atoms with E-state index in [4.69, 9.17) is 18.9 Å². The molecule has 2 rings (SSSR count). The van der Waals surface area contributed by atoms with Gasteiger partial charge in [-0.05, 0) is 24.3 Å². The number of carbonyl (C=O) groups excluding carboxylic acids is 4. The number of para-hydroxylation sites is 4. The number of benzene rings is 2. The second kappa shape index (κ2) is 15.6. The third kappa shape index (κ3) is 10.6. The third-order valence-corrected chi connectivity index (χ3v) is 4.85. The minimum absolute atomic E-state index is 0.0822. The van der Waals surface area contributed by atoms with Crippen LogP contribution in [0.25, 0.3) is 0 Å². The van der Waals surface area contributed by atoms with Crippen molar-refractivity contribution in [2.75, 3.05) is 63.8 Å². The Morgan fingerprint density at radius 1 is 0.605 bits per heavy atom. The summed E-state index contributed by atoms with van der Waals surface area (Å²) in [5.41, 5.74) is 1.31. The molecule has 0 bridgehead atoms. The highest BCUT2D eigenvalue weighted by Crippen LogP contribution is 2.28. The third-order valence-electron chi connectivity index (χ3n) is 4.85. The molecule has 0 aromatic heterocycles. The minimum Gasteiger partial charge on any atom is -0.488 e. The molecule has 0 heterocycles. The van der Waals surface area contributed by atoms with Gasteiger partial charge < -0.3 is 38.2 Å². The topological polar surface area (TPSA) is 130 Å². The molecule has 0 amide bonds. The van der Waals surface area contributed by atoms with Crippen molar-refractivity contribution in [3.63, 3.8) is 0 Å². The Kier molecular flexibility index (Phi) is 12.2. The predicted molar refractivity (Wildman–Crippen MR) is 136 cm³/mol. The Bertz CT molecular complexity index is 1010. The minimum atomic E-state index is -0.567. The number of rotatable bonds is 15. The maximum absolute atomic E-state index is 12.0. The van der Waals surface area contributed by atoms with E-state index < -0.39 is 37.5 Å². The van der Waals surface area contributed by atoms with E-state index in [1.165, 1.54) is 13.8 Å². The monoisotopic (exact) mass is 532 g/mol. The van der Waals surface area contributed by atoms with Gasteiger partial charge in [-0.2, -0.15) is 0 Å². The van der Waals surface area contributed by atoms with Gasteiger partial charge in [-0.15, -0.1) is 0 Å². The van der Waals surface area contributed by atoms with Crippen molar-refractivity contribution >= 4 is 35.3 Å². The van der Waals surface area contributed by atoms with Crippen molar-refractivity contribution < 1.29 is 47.6 Å². The van der Waals surface area contributed by atoms with Crippen LogP contribution in [0.3, 0.4) is 0 Å². The number of nitrogens with zero attached hydrogens (tertiary/aromatic N) is 2. The van der Waals surface area contributed by atoms with Crippen LogP contribution in [-0.4, -0.2) is 77.9 Å². The van der Waals surface area contributed by atoms with Crippen molar-refractivity contribution in [1.29, 1.82) is 0 Å². The molecule has 2 aromatic rings. The molecule has 0 aliphatic carbocycles. The highest BCUT2D eigenvalue weighted by Gasteiger charge is 2.15. The molecular formula is C26H32N2O10. The average molecular weight is 533 g/mol. The fourth-order valence-electron chi connectivity index (χ4n) is 3.10. The van der Waals surface area contributed by atoms with Gasteiger partial charge in [0, 0.05) is 27.9 Å². The van der Waals surface area contributed by atoms with Crippen LogP contribution in [0.4, 0.5) is 11.4 Å². The lowest BCUT2D eigenvalue weighted by Gasteiger charge is -2.22. The summed E-state index contributed by atoms with van der Waals surface area (Å²) in [6.07, 6.45) is 0. The molecule has 206 valence electrons. The number of likely N-dealkylation sites (N-methyl/N-ethyl adjacent to an activating group) is 2. The largest absolute Gasteiger partial charge is 0.488 e. The SMILES string of the molecule is CC(=O)OCOC(=O)CN(C)c1ccccc1OCCOc1ccccc1N(C)CC(=O)OCOC(C)=O. The van der Waals surface area contributed by atoms with Crippen molar-refractivity contribution in [2.45, 2.75) is 13.8 Å². The van der Waals surface area contributed by atoms with E-state index >= 15 is 0 Å². The van der Waals surface area contributed by atoms with Gasteiger partial charge in [0.2, 0.25) is 13.6 Å². The molecular weight excluding hydrogens is 500 g/mol. The molecule has 0 atom stereocenters. The summed E-state index contributed by atoms with van der Waals surface area (Å²) in [6.45, 7) is 1.80. The zero-order valence-electron chi connectivity index (χ0n) is 21.8. The van der Waals surface area contributed by atoms with Crippen LogP contribution in [0.2, 0.25) is 0 Å². The second-order valence-electron chi connectivity index (χ2n) is 7.88. The summed E-state index contributed by atoms with van der Waals surface area (Å²) in [7, 11) is 3.41. The summed E-state index contributed by atoms with van der Waals surface area (Å²) < 4.78 is 30.7. The van der Waals surface area contributed by atoms with E-state index in [-0.39, 0.29) is 26.3 Å². The predicted octanol–water partition coefficient (Wildman–Crippen LogP) is 2.14. The van der Waals surface area contributed by atoms with Crippen molar-refractivity contribution in [3.8, 4) is 11.5 Å². The molecule has 0 N–H and O–H groups in total. The van der Waals surface area contributed by atoms with Crippen molar-refractivity contribution in [2.24, 2.45) is 0 Å². The van der Waals surface area contributed by atoms with Gasteiger partial charge in [-0.3, -0.25) is 19.2 Å². The van der Waals surface area contributed by atoms with Gasteiger partial charge >= 0.3 is 23.9 Å². The molecule has 0 fully saturated rings. The highest BCUT2D eigenvalue weighted by molar-refractivity contribution is 5.77. The lowest BCUT2D eigenvalue weighted by molar-refractivity contribution is -0.166. The number of hydrogen-bond donors (Lipinski definition) is 0. The van der Waals surface area contributed by atoms with Gasteiger partial charge in [-0.1, -0.05) is 24.3 Å². The molecule has 0 unspecified atom stereocenters. The summed E-state index contributed by atoms with van der Waals surface area (Å²) in [4.78, 5) is 48.9. The van der Waals surface area contributed by atoms with Crippen LogP contribution in [0.15, 0.2) is 48.5 Å². The summed E-state index contributed by atoms with van der Waals surface area (Å²) in [5, 5.41) is 0. The number of ether oxygens (including phenoxy) is 6. The summed E-state index contributed by atoms with van der Waals surface area (Å²) >= 11 is 0. The number of esters is 4. The zero-order chi connectivity index (χ0) is 27.9. The van der Waals surface area contributed by atoms with E-state index in [2.05, 4.69) is 9.47 Å². The van der Waals surface area contributed by atoms with Gasteiger partial charge in [0.15, 0.2) is 0 Å². The van der Waals surface area contributed by atoms with E-state index in [0.29, 0.717) is 22.9 Å².